The van der Waals surface area contributed by atoms with E-state index < -0.39 is 10.0 Å². The first kappa shape index (κ1) is 13.8. The van der Waals surface area contributed by atoms with Crippen LogP contribution in [0, 0.1) is 0 Å². The summed E-state index contributed by atoms with van der Waals surface area (Å²) in [6, 6.07) is 6.48. The van der Waals surface area contributed by atoms with E-state index in [1.807, 2.05) is 7.05 Å². The second kappa shape index (κ2) is 5.57. The van der Waals surface area contributed by atoms with E-state index >= 15 is 0 Å². The Morgan fingerprint density at radius 2 is 2.28 bits per heavy atom. The number of hydrogen-bond donors (Lipinski definition) is 1. The van der Waals surface area contributed by atoms with E-state index in [1.165, 1.54) is 6.07 Å². The molecule has 6 heteroatoms. The number of sulfonamides is 1. The molecule has 1 heterocycles. The van der Waals surface area contributed by atoms with Gasteiger partial charge in [-0.05, 0) is 38.1 Å². The van der Waals surface area contributed by atoms with Crippen molar-refractivity contribution in [2.24, 2.45) is 0 Å². The minimum Gasteiger partial charge on any atom is -0.318 e. The Kier molecular flexibility index (Phi) is 4.27. The normalized spacial score (nSPS) is 21.3. The van der Waals surface area contributed by atoms with Crippen LogP contribution in [0.4, 0.5) is 0 Å². The number of halogens is 1. The predicted octanol–water partition coefficient (Wildman–Crippen LogP) is 1.71. The largest absolute Gasteiger partial charge is 0.318 e. The van der Waals surface area contributed by atoms with Gasteiger partial charge in [0.15, 0.2) is 0 Å². The molecule has 1 atom stereocenters. The lowest BCUT2D eigenvalue weighted by Crippen LogP contribution is -2.40. The number of nitrogens with one attached hydrogen (secondary N) is 1. The molecule has 100 valence electrons. The third-order valence-corrected chi connectivity index (χ3v) is 5.35. The van der Waals surface area contributed by atoms with Crippen LogP contribution < -0.4 is 5.32 Å². The third-order valence-electron chi connectivity index (χ3n) is 3.17. The Morgan fingerprint density at radius 1 is 1.50 bits per heavy atom. The number of rotatable bonds is 4. The summed E-state index contributed by atoms with van der Waals surface area (Å²) in [5.41, 5.74) is 0. The molecule has 0 aliphatic carbocycles. The molecule has 1 saturated heterocycles. The molecule has 1 aromatic rings. The highest BCUT2D eigenvalue weighted by Crippen LogP contribution is 2.26. The fourth-order valence-electron chi connectivity index (χ4n) is 2.33. The number of nitrogens with zero attached hydrogens (tertiary/aromatic N) is 1. The molecule has 1 aliphatic rings. The summed E-state index contributed by atoms with van der Waals surface area (Å²) >= 11 is 5.86. The molecule has 18 heavy (non-hydrogen) atoms. The van der Waals surface area contributed by atoms with Crippen LogP contribution in [0.2, 0.25) is 5.02 Å². The Morgan fingerprint density at radius 3 is 2.94 bits per heavy atom. The Bertz CT molecular complexity index is 519. The fourth-order valence-corrected chi connectivity index (χ4v) is 4.32. The molecule has 0 aromatic heterocycles. The highest BCUT2D eigenvalue weighted by atomic mass is 35.5. The Hall–Kier alpha value is -0.620. The molecule has 0 bridgehead atoms. The third kappa shape index (κ3) is 2.69. The van der Waals surface area contributed by atoms with Gasteiger partial charge in [-0.1, -0.05) is 17.7 Å². The molecule has 4 nitrogen and oxygen atoms in total. The number of benzene rings is 1. The van der Waals surface area contributed by atoms with Crippen LogP contribution in [-0.2, 0) is 10.0 Å². The summed E-state index contributed by atoms with van der Waals surface area (Å²) in [5.74, 6) is 0. The van der Waals surface area contributed by atoms with Gasteiger partial charge in [-0.15, -0.1) is 0 Å². The summed E-state index contributed by atoms with van der Waals surface area (Å²) in [6.45, 7) is 1.26. The van der Waals surface area contributed by atoms with Crippen molar-refractivity contribution in [2.75, 3.05) is 20.1 Å². The molecule has 0 saturated carbocycles. The smallest absolute Gasteiger partial charge is 0.243 e. The van der Waals surface area contributed by atoms with Gasteiger partial charge in [-0.3, -0.25) is 0 Å². The lowest BCUT2D eigenvalue weighted by Gasteiger charge is -2.23. The molecule has 1 N–H and O–H groups in total. The van der Waals surface area contributed by atoms with Crippen molar-refractivity contribution >= 4 is 21.6 Å². The number of hydrogen-bond acceptors (Lipinski definition) is 3. The summed E-state index contributed by atoms with van der Waals surface area (Å²) in [4.78, 5) is 0.276. The van der Waals surface area contributed by atoms with Crippen LogP contribution in [0.25, 0.3) is 0 Å². The van der Waals surface area contributed by atoms with Crippen LogP contribution in [0.5, 0.6) is 0 Å². The average Bonchev–Trinajstić information content (AvgIpc) is 2.78. The van der Waals surface area contributed by atoms with Crippen LogP contribution >= 0.6 is 11.6 Å². The van der Waals surface area contributed by atoms with E-state index in [2.05, 4.69) is 5.32 Å². The molecule has 0 spiro atoms. The van der Waals surface area contributed by atoms with Crippen molar-refractivity contribution in [2.45, 2.75) is 23.8 Å². The maximum Gasteiger partial charge on any atom is 0.243 e. The molecule has 0 unspecified atom stereocenters. The summed E-state index contributed by atoms with van der Waals surface area (Å²) in [6.07, 6.45) is 1.81. The van der Waals surface area contributed by atoms with Gasteiger partial charge in [0.05, 0.1) is 4.90 Å². The van der Waals surface area contributed by atoms with E-state index in [9.17, 15) is 8.42 Å². The van der Waals surface area contributed by atoms with Crippen molar-refractivity contribution < 1.29 is 8.42 Å². The monoisotopic (exact) mass is 288 g/mol. The van der Waals surface area contributed by atoms with E-state index in [0.717, 1.165) is 12.8 Å². The van der Waals surface area contributed by atoms with Crippen LogP contribution in [0.1, 0.15) is 12.8 Å². The highest BCUT2D eigenvalue weighted by molar-refractivity contribution is 7.89. The van der Waals surface area contributed by atoms with Gasteiger partial charge in [-0.2, -0.15) is 4.31 Å². The SMILES string of the molecule is CNC[C@H]1CCCN1S(=O)(=O)c1cccc(Cl)c1. The zero-order valence-electron chi connectivity index (χ0n) is 10.3. The molecule has 1 aromatic carbocycles. The van der Waals surface area contributed by atoms with Crippen molar-refractivity contribution in [1.29, 1.82) is 0 Å². The molecule has 0 amide bonds. The lowest BCUT2D eigenvalue weighted by molar-refractivity contribution is 0.379. The van der Waals surface area contributed by atoms with E-state index in [-0.39, 0.29) is 10.9 Å². The van der Waals surface area contributed by atoms with E-state index in [4.69, 9.17) is 11.6 Å². The minimum atomic E-state index is -3.42. The van der Waals surface area contributed by atoms with Crippen molar-refractivity contribution in [3.05, 3.63) is 29.3 Å². The maximum atomic E-state index is 12.5. The summed E-state index contributed by atoms with van der Waals surface area (Å²) in [7, 11) is -1.59. The van der Waals surface area contributed by atoms with E-state index in [0.29, 0.717) is 18.1 Å². The van der Waals surface area contributed by atoms with Crippen LogP contribution in [0.3, 0.4) is 0 Å². The van der Waals surface area contributed by atoms with Gasteiger partial charge >= 0.3 is 0 Å². The fraction of sp³-hybridized carbons (Fsp3) is 0.500. The Balaban J connectivity index is 2.30. The quantitative estimate of drug-likeness (QED) is 0.918. The highest BCUT2D eigenvalue weighted by Gasteiger charge is 2.34. The van der Waals surface area contributed by atoms with Gasteiger partial charge < -0.3 is 5.32 Å². The van der Waals surface area contributed by atoms with Gasteiger partial charge in [-0.25, -0.2) is 8.42 Å². The number of likely N-dealkylation sites (N-methyl/N-ethyl adjacent to an activating group) is 1. The zero-order valence-corrected chi connectivity index (χ0v) is 11.8. The standard InChI is InChI=1S/C12H17ClN2O2S/c1-14-9-11-5-3-7-15(11)18(16,17)12-6-2-4-10(13)8-12/h2,4,6,8,11,14H,3,5,7,9H2,1H3/t11-/m1/s1. The zero-order chi connectivity index (χ0) is 13.2. The van der Waals surface area contributed by atoms with E-state index in [1.54, 1.807) is 22.5 Å². The molecule has 2 rings (SSSR count). The molecule has 1 fully saturated rings. The molecule has 0 radical (unpaired) electrons. The second-order valence-corrected chi connectivity index (χ2v) is 6.75. The first-order valence-electron chi connectivity index (χ1n) is 5.97. The molecule has 1 aliphatic heterocycles. The first-order chi connectivity index (χ1) is 8.55. The predicted molar refractivity (Wildman–Crippen MR) is 72.3 cm³/mol. The van der Waals surface area contributed by atoms with Gasteiger partial charge in [0.25, 0.3) is 0 Å². The van der Waals surface area contributed by atoms with Crippen molar-refractivity contribution in [3.63, 3.8) is 0 Å². The van der Waals surface area contributed by atoms with Gasteiger partial charge in [0.1, 0.15) is 0 Å². The minimum absolute atomic E-state index is 0.0407. The molecular weight excluding hydrogens is 272 g/mol. The second-order valence-electron chi connectivity index (χ2n) is 4.43. The van der Waals surface area contributed by atoms with Gasteiger partial charge in [0, 0.05) is 24.2 Å². The Labute approximate surface area is 113 Å². The summed E-state index contributed by atoms with van der Waals surface area (Å²) in [5, 5.41) is 3.49. The average molecular weight is 289 g/mol. The summed E-state index contributed by atoms with van der Waals surface area (Å²) < 4.78 is 26.6. The van der Waals surface area contributed by atoms with Crippen molar-refractivity contribution in [3.8, 4) is 0 Å². The first-order valence-corrected chi connectivity index (χ1v) is 7.79. The van der Waals surface area contributed by atoms with Gasteiger partial charge in [0.2, 0.25) is 10.0 Å². The maximum absolute atomic E-state index is 12.5. The van der Waals surface area contributed by atoms with Crippen molar-refractivity contribution in [1.82, 2.24) is 9.62 Å². The molecular formula is C12H17ClN2O2S. The van der Waals surface area contributed by atoms with Crippen LogP contribution in [-0.4, -0.2) is 38.9 Å². The van der Waals surface area contributed by atoms with Crippen LogP contribution in [0.15, 0.2) is 29.2 Å². The topological polar surface area (TPSA) is 49.4 Å². The lowest BCUT2D eigenvalue weighted by atomic mass is 10.2.